The Balaban J connectivity index is 1.74. The van der Waals surface area contributed by atoms with Crippen LogP contribution in [0.15, 0.2) is 18.7 Å². The van der Waals surface area contributed by atoms with Crippen molar-refractivity contribution in [3.8, 4) is 0 Å². The molecule has 0 radical (unpaired) electrons. The number of hydrogen-bond donors (Lipinski definition) is 1. The normalized spacial score (nSPS) is 23.1. The van der Waals surface area contributed by atoms with Crippen LogP contribution in [0.2, 0.25) is 0 Å². The number of likely N-dealkylation sites (tertiary alicyclic amines) is 1. The van der Waals surface area contributed by atoms with E-state index in [2.05, 4.69) is 26.8 Å². The molecule has 0 aromatic carbocycles. The summed E-state index contributed by atoms with van der Waals surface area (Å²) in [6.45, 7) is 4.61. The average Bonchev–Trinajstić information content (AvgIpc) is 2.79. The third kappa shape index (κ3) is 3.04. The molecule has 1 aliphatic rings. The highest BCUT2D eigenvalue weighted by atomic mass is 15.2. The van der Waals surface area contributed by atoms with Crippen molar-refractivity contribution in [3.63, 3.8) is 0 Å². The van der Waals surface area contributed by atoms with Gasteiger partial charge in [-0.25, -0.2) is 4.98 Å². The van der Waals surface area contributed by atoms with Gasteiger partial charge in [-0.1, -0.05) is 0 Å². The monoisotopic (exact) mass is 208 g/mol. The molecule has 0 bridgehead atoms. The minimum atomic E-state index is 0.682. The first-order valence-electron chi connectivity index (χ1n) is 5.74. The summed E-state index contributed by atoms with van der Waals surface area (Å²) in [4.78, 5) is 6.58. The van der Waals surface area contributed by atoms with Gasteiger partial charge in [0.25, 0.3) is 0 Å². The van der Waals surface area contributed by atoms with Crippen LogP contribution in [0.25, 0.3) is 0 Å². The van der Waals surface area contributed by atoms with Crippen LogP contribution in [0, 0.1) is 0 Å². The Morgan fingerprint density at radius 2 is 2.40 bits per heavy atom. The Bertz CT molecular complexity index is 270. The van der Waals surface area contributed by atoms with Gasteiger partial charge in [-0.15, -0.1) is 0 Å². The minimum absolute atomic E-state index is 0.682. The number of nitrogens with one attached hydrogen (secondary N) is 1. The molecular weight excluding hydrogens is 188 g/mol. The first-order valence-corrected chi connectivity index (χ1v) is 5.74. The van der Waals surface area contributed by atoms with Crippen LogP contribution in [0.1, 0.15) is 12.8 Å². The molecule has 1 N–H and O–H groups in total. The first kappa shape index (κ1) is 10.6. The molecule has 2 heterocycles. The van der Waals surface area contributed by atoms with Crippen LogP contribution in [-0.2, 0) is 6.54 Å². The van der Waals surface area contributed by atoms with E-state index in [4.69, 9.17) is 0 Å². The lowest BCUT2D eigenvalue weighted by atomic mass is 10.1. The maximum Gasteiger partial charge on any atom is 0.0946 e. The van der Waals surface area contributed by atoms with Gasteiger partial charge in [0.15, 0.2) is 0 Å². The molecule has 0 aliphatic carbocycles. The molecular formula is C11H20N4. The van der Waals surface area contributed by atoms with Crippen molar-refractivity contribution in [2.75, 3.05) is 26.7 Å². The third-order valence-electron chi connectivity index (χ3n) is 3.15. The lowest BCUT2D eigenvalue weighted by molar-refractivity contribution is 0.189. The van der Waals surface area contributed by atoms with Crippen molar-refractivity contribution >= 4 is 0 Å². The Morgan fingerprint density at radius 3 is 3.13 bits per heavy atom. The highest BCUT2D eigenvalue weighted by molar-refractivity contribution is 4.78. The van der Waals surface area contributed by atoms with E-state index in [-0.39, 0.29) is 0 Å². The van der Waals surface area contributed by atoms with E-state index in [1.807, 2.05) is 18.7 Å². The van der Waals surface area contributed by atoms with Crippen LogP contribution in [-0.4, -0.2) is 47.2 Å². The van der Waals surface area contributed by atoms with Gasteiger partial charge in [0.1, 0.15) is 0 Å². The molecule has 1 aromatic heterocycles. The third-order valence-corrected chi connectivity index (χ3v) is 3.15. The lowest BCUT2D eigenvalue weighted by Gasteiger charge is -2.32. The fourth-order valence-corrected chi connectivity index (χ4v) is 2.17. The number of hydrogen-bond acceptors (Lipinski definition) is 3. The molecule has 2 rings (SSSR count). The SMILES string of the molecule is CNC1CCCN(CCn2ccnc2)C1. The molecule has 1 aromatic rings. The fourth-order valence-electron chi connectivity index (χ4n) is 2.17. The Kier molecular flexibility index (Phi) is 3.75. The van der Waals surface area contributed by atoms with Crippen molar-refractivity contribution in [2.24, 2.45) is 0 Å². The molecule has 4 heteroatoms. The number of likely N-dealkylation sites (N-methyl/N-ethyl adjacent to an activating group) is 1. The Hall–Kier alpha value is -0.870. The van der Waals surface area contributed by atoms with Gasteiger partial charge in [-0.05, 0) is 26.4 Å². The molecule has 1 fully saturated rings. The second-order valence-corrected chi connectivity index (χ2v) is 4.23. The summed E-state index contributed by atoms with van der Waals surface area (Å²) < 4.78 is 2.14. The molecule has 1 atom stereocenters. The van der Waals surface area contributed by atoms with E-state index in [0.29, 0.717) is 6.04 Å². The summed E-state index contributed by atoms with van der Waals surface area (Å²) >= 11 is 0. The van der Waals surface area contributed by atoms with Crippen molar-refractivity contribution in [1.82, 2.24) is 19.8 Å². The molecule has 0 spiro atoms. The van der Waals surface area contributed by atoms with E-state index in [1.165, 1.54) is 25.9 Å². The molecule has 0 saturated carbocycles. The molecule has 1 saturated heterocycles. The van der Waals surface area contributed by atoms with Crippen LogP contribution >= 0.6 is 0 Å². The molecule has 0 amide bonds. The average molecular weight is 208 g/mol. The van der Waals surface area contributed by atoms with Gasteiger partial charge >= 0.3 is 0 Å². The quantitative estimate of drug-likeness (QED) is 0.785. The van der Waals surface area contributed by atoms with Crippen LogP contribution in [0.5, 0.6) is 0 Å². The summed E-state index contributed by atoms with van der Waals surface area (Å²) in [5.74, 6) is 0. The number of imidazole rings is 1. The van der Waals surface area contributed by atoms with E-state index < -0.39 is 0 Å². The van der Waals surface area contributed by atoms with Crippen molar-refractivity contribution in [1.29, 1.82) is 0 Å². The molecule has 84 valence electrons. The maximum atomic E-state index is 4.05. The number of piperidine rings is 1. The molecule has 1 aliphatic heterocycles. The van der Waals surface area contributed by atoms with Gasteiger partial charge < -0.3 is 14.8 Å². The number of aromatic nitrogens is 2. The van der Waals surface area contributed by atoms with E-state index >= 15 is 0 Å². The zero-order valence-electron chi connectivity index (χ0n) is 9.39. The summed E-state index contributed by atoms with van der Waals surface area (Å²) in [6, 6.07) is 0.682. The predicted molar refractivity (Wildman–Crippen MR) is 60.7 cm³/mol. The largest absolute Gasteiger partial charge is 0.336 e. The first-order chi connectivity index (χ1) is 7.38. The highest BCUT2D eigenvalue weighted by Crippen LogP contribution is 2.09. The number of nitrogens with zero attached hydrogens (tertiary/aromatic N) is 3. The van der Waals surface area contributed by atoms with Crippen molar-refractivity contribution in [3.05, 3.63) is 18.7 Å². The summed E-state index contributed by atoms with van der Waals surface area (Å²) in [5.41, 5.74) is 0. The zero-order chi connectivity index (χ0) is 10.5. The predicted octanol–water partition coefficient (Wildman–Crippen LogP) is 0.567. The van der Waals surface area contributed by atoms with Gasteiger partial charge in [-0.2, -0.15) is 0 Å². The number of rotatable bonds is 4. The molecule has 4 nitrogen and oxygen atoms in total. The lowest BCUT2D eigenvalue weighted by Crippen LogP contribution is -2.45. The van der Waals surface area contributed by atoms with Gasteiger partial charge in [0, 0.05) is 38.1 Å². The summed E-state index contributed by atoms with van der Waals surface area (Å²) in [6.07, 6.45) is 8.39. The van der Waals surface area contributed by atoms with Crippen LogP contribution in [0.3, 0.4) is 0 Å². The molecule has 1 unspecified atom stereocenters. The zero-order valence-corrected chi connectivity index (χ0v) is 9.39. The van der Waals surface area contributed by atoms with Gasteiger partial charge in [0.2, 0.25) is 0 Å². The second kappa shape index (κ2) is 5.28. The Morgan fingerprint density at radius 1 is 1.47 bits per heavy atom. The summed E-state index contributed by atoms with van der Waals surface area (Å²) in [7, 11) is 2.06. The topological polar surface area (TPSA) is 33.1 Å². The Labute approximate surface area is 91.3 Å². The van der Waals surface area contributed by atoms with Crippen molar-refractivity contribution in [2.45, 2.75) is 25.4 Å². The maximum absolute atomic E-state index is 4.05. The van der Waals surface area contributed by atoms with Gasteiger partial charge in [0.05, 0.1) is 6.33 Å². The fraction of sp³-hybridized carbons (Fsp3) is 0.727. The van der Waals surface area contributed by atoms with Crippen LogP contribution in [0.4, 0.5) is 0 Å². The van der Waals surface area contributed by atoms with E-state index in [0.717, 1.165) is 13.1 Å². The minimum Gasteiger partial charge on any atom is -0.336 e. The highest BCUT2D eigenvalue weighted by Gasteiger charge is 2.17. The molecule has 15 heavy (non-hydrogen) atoms. The van der Waals surface area contributed by atoms with Gasteiger partial charge in [-0.3, -0.25) is 0 Å². The van der Waals surface area contributed by atoms with Crippen LogP contribution < -0.4 is 5.32 Å². The standard InChI is InChI=1S/C11H20N4/c1-12-11-3-2-5-14(9-11)7-8-15-6-4-13-10-15/h4,6,10-12H,2-3,5,7-9H2,1H3. The van der Waals surface area contributed by atoms with Crippen molar-refractivity contribution < 1.29 is 0 Å². The summed E-state index contributed by atoms with van der Waals surface area (Å²) in [5, 5.41) is 3.37. The smallest absolute Gasteiger partial charge is 0.0946 e. The van der Waals surface area contributed by atoms with E-state index in [1.54, 1.807) is 0 Å². The van der Waals surface area contributed by atoms with E-state index in [9.17, 15) is 0 Å². The second-order valence-electron chi connectivity index (χ2n) is 4.23.